The van der Waals surface area contributed by atoms with Crippen molar-refractivity contribution in [2.24, 2.45) is 0 Å². The van der Waals surface area contributed by atoms with Gasteiger partial charge in [-0.1, -0.05) is 18.2 Å². The zero-order chi connectivity index (χ0) is 12.1. The third-order valence-corrected chi connectivity index (χ3v) is 2.22. The number of para-hydroxylation sites is 1. The highest BCUT2D eigenvalue weighted by Gasteiger charge is 2.00. The number of nitrogens with one attached hydrogen (secondary N) is 1. The van der Waals surface area contributed by atoms with Crippen molar-refractivity contribution in [3.8, 4) is 11.8 Å². The van der Waals surface area contributed by atoms with E-state index in [2.05, 4.69) is 15.3 Å². The molecule has 84 valence electrons. The van der Waals surface area contributed by atoms with Crippen LogP contribution in [0.1, 0.15) is 11.3 Å². The van der Waals surface area contributed by atoms with Gasteiger partial charge in [0, 0.05) is 12.1 Å². The van der Waals surface area contributed by atoms with Gasteiger partial charge in [0.1, 0.15) is 17.6 Å². The van der Waals surface area contributed by atoms with Gasteiger partial charge in [-0.25, -0.2) is 9.97 Å². The second kappa shape index (κ2) is 4.94. The predicted octanol–water partition coefficient (Wildman–Crippen LogP) is 1.67. The number of benzene rings is 1. The molecule has 0 saturated carbocycles. The maximum atomic E-state index is 9.55. The molecular weight excluding hydrogens is 216 g/mol. The van der Waals surface area contributed by atoms with E-state index >= 15 is 0 Å². The molecule has 0 atom stereocenters. The van der Waals surface area contributed by atoms with Crippen molar-refractivity contribution >= 4 is 5.82 Å². The highest BCUT2D eigenvalue weighted by atomic mass is 16.3. The summed E-state index contributed by atoms with van der Waals surface area (Å²) in [6, 6.07) is 8.95. The molecule has 2 N–H and O–H groups in total. The van der Waals surface area contributed by atoms with Crippen LogP contribution in [0.4, 0.5) is 5.82 Å². The van der Waals surface area contributed by atoms with Gasteiger partial charge in [-0.05, 0) is 6.07 Å². The van der Waals surface area contributed by atoms with E-state index in [-0.39, 0.29) is 11.4 Å². The summed E-state index contributed by atoms with van der Waals surface area (Å²) in [5, 5.41) is 21.1. The third kappa shape index (κ3) is 2.69. The first-order chi connectivity index (χ1) is 8.29. The van der Waals surface area contributed by atoms with Crippen molar-refractivity contribution in [1.29, 1.82) is 5.26 Å². The molecule has 17 heavy (non-hydrogen) atoms. The topological polar surface area (TPSA) is 81.8 Å². The van der Waals surface area contributed by atoms with Gasteiger partial charge in [0.15, 0.2) is 5.69 Å². The molecule has 0 aliphatic rings. The van der Waals surface area contributed by atoms with E-state index in [0.29, 0.717) is 12.4 Å². The van der Waals surface area contributed by atoms with Crippen LogP contribution in [0.25, 0.3) is 0 Å². The summed E-state index contributed by atoms with van der Waals surface area (Å²) >= 11 is 0. The van der Waals surface area contributed by atoms with Gasteiger partial charge < -0.3 is 10.4 Å². The Hall–Kier alpha value is -2.61. The second-order valence-electron chi connectivity index (χ2n) is 3.38. The van der Waals surface area contributed by atoms with E-state index in [9.17, 15) is 5.11 Å². The van der Waals surface area contributed by atoms with Crippen molar-refractivity contribution < 1.29 is 5.11 Å². The summed E-state index contributed by atoms with van der Waals surface area (Å²) < 4.78 is 0. The number of hydrogen-bond donors (Lipinski definition) is 2. The van der Waals surface area contributed by atoms with E-state index in [1.165, 1.54) is 12.4 Å². The van der Waals surface area contributed by atoms with Crippen molar-refractivity contribution in [3.05, 3.63) is 47.9 Å². The number of aromatic hydroxyl groups is 1. The van der Waals surface area contributed by atoms with E-state index in [1.54, 1.807) is 12.1 Å². The molecule has 0 bridgehead atoms. The Balaban J connectivity index is 2.03. The van der Waals surface area contributed by atoms with Crippen molar-refractivity contribution in [3.63, 3.8) is 0 Å². The Morgan fingerprint density at radius 3 is 2.71 bits per heavy atom. The van der Waals surface area contributed by atoms with Crippen LogP contribution in [0, 0.1) is 11.3 Å². The monoisotopic (exact) mass is 226 g/mol. The van der Waals surface area contributed by atoms with Gasteiger partial charge in [-0.15, -0.1) is 0 Å². The van der Waals surface area contributed by atoms with Crippen LogP contribution in [0.5, 0.6) is 5.75 Å². The predicted molar refractivity (Wildman–Crippen MR) is 62.2 cm³/mol. The van der Waals surface area contributed by atoms with Crippen LogP contribution in [-0.2, 0) is 6.54 Å². The van der Waals surface area contributed by atoms with Gasteiger partial charge >= 0.3 is 0 Å². The summed E-state index contributed by atoms with van der Waals surface area (Å²) in [4.78, 5) is 7.90. The molecule has 0 radical (unpaired) electrons. The molecule has 2 aromatic rings. The number of phenols is 1. The van der Waals surface area contributed by atoms with Crippen LogP contribution in [0.15, 0.2) is 36.7 Å². The minimum Gasteiger partial charge on any atom is -0.508 e. The average Bonchev–Trinajstić information content (AvgIpc) is 2.38. The molecule has 1 aromatic carbocycles. The minimum atomic E-state index is 0.238. The lowest BCUT2D eigenvalue weighted by atomic mass is 10.2. The molecule has 5 nitrogen and oxygen atoms in total. The van der Waals surface area contributed by atoms with Crippen LogP contribution in [-0.4, -0.2) is 15.1 Å². The number of nitriles is 1. The first-order valence-electron chi connectivity index (χ1n) is 5.02. The van der Waals surface area contributed by atoms with Gasteiger partial charge in [0.05, 0.1) is 12.4 Å². The number of aromatic nitrogens is 2. The fraction of sp³-hybridized carbons (Fsp3) is 0.0833. The second-order valence-corrected chi connectivity index (χ2v) is 3.38. The van der Waals surface area contributed by atoms with Gasteiger partial charge in [0.2, 0.25) is 0 Å². The molecule has 1 aromatic heterocycles. The highest BCUT2D eigenvalue weighted by Crippen LogP contribution is 2.16. The van der Waals surface area contributed by atoms with Crippen LogP contribution in [0.3, 0.4) is 0 Å². The Labute approximate surface area is 98.4 Å². The maximum absolute atomic E-state index is 9.55. The number of nitrogens with zero attached hydrogens (tertiary/aromatic N) is 3. The molecule has 0 unspecified atom stereocenters. The standard InChI is InChI=1S/C12H10N4O/c13-5-10-7-16-12(8-14-10)15-6-9-3-1-2-4-11(9)17/h1-4,7-8,17H,6H2,(H,15,16). The Morgan fingerprint density at radius 2 is 2.06 bits per heavy atom. The van der Waals surface area contributed by atoms with E-state index in [4.69, 9.17) is 5.26 Å². The summed E-state index contributed by atoms with van der Waals surface area (Å²) in [6.07, 6.45) is 2.88. The van der Waals surface area contributed by atoms with Crippen molar-refractivity contribution in [2.45, 2.75) is 6.54 Å². The van der Waals surface area contributed by atoms with E-state index < -0.39 is 0 Å². The lowest BCUT2D eigenvalue weighted by Crippen LogP contribution is -2.02. The highest BCUT2D eigenvalue weighted by molar-refractivity contribution is 5.38. The lowest BCUT2D eigenvalue weighted by molar-refractivity contribution is 0.469. The molecular formula is C12H10N4O. The first-order valence-corrected chi connectivity index (χ1v) is 5.02. The Morgan fingerprint density at radius 1 is 1.24 bits per heavy atom. The average molecular weight is 226 g/mol. The quantitative estimate of drug-likeness (QED) is 0.831. The molecule has 0 spiro atoms. The van der Waals surface area contributed by atoms with Gasteiger partial charge in [0.25, 0.3) is 0 Å². The third-order valence-electron chi connectivity index (χ3n) is 2.22. The fourth-order valence-corrected chi connectivity index (χ4v) is 1.32. The largest absolute Gasteiger partial charge is 0.508 e. The maximum Gasteiger partial charge on any atom is 0.158 e. The zero-order valence-electron chi connectivity index (χ0n) is 8.96. The molecule has 2 rings (SSSR count). The number of rotatable bonds is 3. The SMILES string of the molecule is N#Cc1cnc(NCc2ccccc2O)cn1. The molecule has 0 amide bonds. The molecule has 0 saturated heterocycles. The first kappa shape index (κ1) is 10.9. The van der Waals surface area contributed by atoms with E-state index in [1.807, 2.05) is 18.2 Å². The van der Waals surface area contributed by atoms with Crippen LogP contribution >= 0.6 is 0 Å². The smallest absolute Gasteiger partial charge is 0.158 e. The number of hydrogen-bond acceptors (Lipinski definition) is 5. The Bertz CT molecular complexity index is 545. The summed E-state index contributed by atoms with van der Waals surface area (Å²) in [5.74, 6) is 0.800. The molecule has 0 aliphatic heterocycles. The van der Waals surface area contributed by atoms with E-state index in [0.717, 1.165) is 5.56 Å². The van der Waals surface area contributed by atoms with Crippen molar-refractivity contribution in [2.75, 3.05) is 5.32 Å². The number of anilines is 1. The van der Waals surface area contributed by atoms with Crippen LogP contribution in [0.2, 0.25) is 0 Å². The van der Waals surface area contributed by atoms with Gasteiger partial charge in [-0.3, -0.25) is 0 Å². The lowest BCUT2D eigenvalue weighted by Gasteiger charge is -2.06. The molecule has 0 aliphatic carbocycles. The molecule has 5 heteroatoms. The van der Waals surface area contributed by atoms with Gasteiger partial charge in [-0.2, -0.15) is 5.26 Å². The zero-order valence-corrected chi connectivity index (χ0v) is 8.96. The van der Waals surface area contributed by atoms with Crippen molar-refractivity contribution in [1.82, 2.24) is 9.97 Å². The summed E-state index contributed by atoms with van der Waals surface area (Å²) in [6.45, 7) is 0.452. The minimum absolute atomic E-state index is 0.238. The molecule has 1 heterocycles. The normalized spacial score (nSPS) is 9.59. The van der Waals surface area contributed by atoms with Crippen LogP contribution < -0.4 is 5.32 Å². The fourth-order valence-electron chi connectivity index (χ4n) is 1.32. The molecule has 0 fully saturated rings. The summed E-state index contributed by atoms with van der Waals surface area (Å²) in [7, 11) is 0. The summed E-state index contributed by atoms with van der Waals surface area (Å²) in [5.41, 5.74) is 1.05. The Kier molecular flexibility index (Phi) is 3.17. The number of phenolic OH excluding ortho intramolecular Hbond substituents is 1.